The number of alkyl halides is 3. The Morgan fingerprint density at radius 3 is 2.36 bits per heavy atom. The van der Waals surface area contributed by atoms with E-state index in [1.807, 2.05) is 0 Å². The molecule has 0 radical (unpaired) electrons. The lowest BCUT2D eigenvalue weighted by Gasteiger charge is -2.11. The number of halogens is 3. The third-order valence-electron chi connectivity index (χ3n) is 3.45. The van der Waals surface area contributed by atoms with Crippen LogP contribution < -0.4 is 10.4 Å². The van der Waals surface area contributed by atoms with Crippen LogP contribution in [0.3, 0.4) is 0 Å². The van der Waals surface area contributed by atoms with E-state index in [1.54, 1.807) is 13.0 Å². The largest absolute Gasteiger partial charge is 0.516 e. The van der Waals surface area contributed by atoms with E-state index < -0.39 is 21.2 Å². The summed E-state index contributed by atoms with van der Waals surface area (Å²) in [5.41, 5.74) is -3.31. The van der Waals surface area contributed by atoms with Crippen LogP contribution in [0.1, 0.15) is 5.69 Å². The number of aromatic nitrogens is 3. The van der Waals surface area contributed by atoms with Crippen LogP contribution in [0.4, 0.5) is 18.9 Å². The van der Waals surface area contributed by atoms with E-state index in [9.17, 15) is 26.4 Å². The smallest absolute Gasteiger partial charge is 0.304 e. The van der Waals surface area contributed by atoms with E-state index in [-0.39, 0.29) is 5.69 Å². The monoisotopic (exact) mass is 372 g/mol. The van der Waals surface area contributed by atoms with Crippen molar-refractivity contribution in [1.29, 1.82) is 0 Å². The summed E-state index contributed by atoms with van der Waals surface area (Å²) in [4.78, 5) is 20.6. The highest BCUT2D eigenvalue weighted by Crippen LogP contribution is 2.28. The van der Waals surface area contributed by atoms with Gasteiger partial charge in [0.25, 0.3) is 0 Å². The first-order valence-electron chi connectivity index (χ1n) is 6.86. The molecule has 2 heterocycles. The molecule has 0 fully saturated rings. The van der Waals surface area contributed by atoms with Crippen molar-refractivity contribution >= 4 is 26.9 Å². The normalized spacial score (nSPS) is 12.5. The summed E-state index contributed by atoms with van der Waals surface area (Å²) < 4.78 is 60.8. The van der Waals surface area contributed by atoms with Crippen molar-refractivity contribution in [1.82, 2.24) is 15.0 Å². The lowest BCUT2D eigenvalue weighted by Crippen LogP contribution is -2.29. The van der Waals surface area contributed by atoms with Crippen molar-refractivity contribution in [2.75, 3.05) is 4.72 Å². The molecule has 25 heavy (non-hydrogen) atoms. The zero-order valence-corrected chi connectivity index (χ0v) is 13.4. The Morgan fingerprint density at radius 1 is 1.12 bits per heavy atom. The topological polar surface area (TPSA) is 108 Å². The molecule has 3 rings (SSSR count). The molecule has 7 nitrogen and oxygen atoms in total. The fourth-order valence-corrected chi connectivity index (χ4v) is 2.84. The minimum Gasteiger partial charge on any atom is -0.304 e. The Morgan fingerprint density at radius 2 is 1.76 bits per heavy atom. The van der Waals surface area contributed by atoms with Gasteiger partial charge in [-0.15, -0.1) is 0 Å². The van der Waals surface area contributed by atoms with E-state index in [1.165, 1.54) is 29.0 Å². The van der Waals surface area contributed by atoms with Crippen LogP contribution in [0.5, 0.6) is 0 Å². The summed E-state index contributed by atoms with van der Waals surface area (Å²) in [5, 5.41) is 0. The van der Waals surface area contributed by atoms with Crippen LogP contribution in [0, 0.1) is 6.92 Å². The van der Waals surface area contributed by atoms with Gasteiger partial charge in [-0.1, -0.05) is 12.1 Å². The summed E-state index contributed by atoms with van der Waals surface area (Å²) >= 11 is 0. The van der Waals surface area contributed by atoms with Crippen LogP contribution in [0.25, 0.3) is 22.3 Å². The minimum atomic E-state index is -5.47. The number of hydrogen-bond acceptors (Lipinski definition) is 4. The molecular weight excluding hydrogens is 361 g/mol. The first-order valence-corrected chi connectivity index (χ1v) is 8.34. The van der Waals surface area contributed by atoms with Gasteiger partial charge < -0.3 is 4.98 Å². The summed E-state index contributed by atoms with van der Waals surface area (Å²) in [7, 11) is -5.47. The minimum absolute atomic E-state index is 0.220. The third kappa shape index (κ3) is 3.22. The predicted molar refractivity (Wildman–Crippen MR) is 85.5 cm³/mol. The quantitative estimate of drug-likeness (QED) is 0.656. The molecule has 2 aromatic heterocycles. The van der Waals surface area contributed by atoms with E-state index in [0.717, 1.165) is 0 Å². The summed E-state index contributed by atoms with van der Waals surface area (Å²) in [6.45, 7) is 1.71. The van der Waals surface area contributed by atoms with Gasteiger partial charge in [0, 0.05) is 16.9 Å². The molecule has 0 saturated carbocycles. The molecule has 0 aliphatic carbocycles. The Hall–Kier alpha value is -2.82. The van der Waals surface area contributed by atoms with E-state index in [0.29, 0.717) is 28.0 Å². The van der Waals surface area contributed by atoms with Crippen molar-refractivity contribution in [3.05, 3.63) is 46.5 Å². The maximum absolute atomic E-state index is 12.4. The number of fused-ring (bicyclic) bond motifs is 1. The molecule has 3 N–H and O–H groups in total. The number of pyridine rings is 1. The van der Waals surface area contributed by atoms with Crippen molar-refractivity contribution in [2.24, 2.45) is 0 Å². The molecule has 0 aliphatic rings. The second-order valence-electron chi connectivity index (χ2n) is 5.23. The van der Waals surface area contributed by atoms with Gasteiger partial charge in [-0.05, 0) is 30.7 Å². The Balaban J connectivity index is 1.95. The van der Waals surface area contributed by atoms with Gasteiger partial charge in [0.2, 0.25) is 0 Å². The molecule has 0 spiro atoms. The van der Waals surface area contributed by atoms with E-state index in [2.05, 4.69) is 15.0 Å². The molecule has 1 aromatic carbocycles. The predicted octanol–water partition coefficient (Wildman–Crippen LogP) is 2.49. The third-order valence-corrected chi connectivity index (χ3v) is 4.56. The SMILES string of the molecule is Cc1nc2[nH]c(=O)[nH]c2cc1-c1ccc(NS(=O)(=O)C(F)(F)F)cc1. The van der Waals surface area contributed by atoms with Gasteiger partial charge >= 0.3 is 21.2 Å². The van der Waals surface area contributed by atoms with Crippen molar-refractivity contribution in [3.8, 4) is 11.1 Å². The molecule has 3 aromatic rings. The standard InChI is InChI=1S/C14H11F3N4O3S/c1-7-10(6-11-12(18-7)20-13(22)19-11)8-2-4-9(5-3-8)21-25(23,24)14(15,16)17/h2-6,21H,1H3,(H2,18,19,20,22). The molecule has 11 heteroatoms. The molecule has 0 saturated heterocycles. The fourth-order valence-electron chi connectivity index (χ4n) is 2.28. The molecular formula is C14H11F3N4O3S. The molecule has 0 aliphatic heterocycles. The summed E-state index contributed by atoms with van der Waals surface area (Å²) in [6.07, 6.45) is 0. The van der Waals surface area contributed by atoms with Crippen LogP contribution in [-0.4, -0.2) is 28.9 Å². The maximum Gasteiger partial charge on any atom is 0.516 e. The lowest BCUT2D eigenvalue weighted by atomic mass is 10.0. The molecule has 0 atom stereocenters. The zero-order valence-electron chi connectivity index (χ0n) is 12.6. The fraction of sp³-hybridized carbons (Fsp3) is 0.143. The van der Waals surface area contributed by atoms with Gasteiger partial charge in [0.15, 0.2) is 5.65 Å². The average Bonchev–Trinajstić information content (AvgIpc) is 2.85. The van der Waals surface area contributed by atoms with Gasteiger partial charge in [0.05, 0.1) is 5.52 Å². The highest BCUT2D eigenvalue weighted by Gasteiger charge is 2.46. The lowest BCUT2D eigenvalue weighted by molar-refractivity contribution is -0.0429. The second-order valence-corrected chi connectivity index (χ2v) is 6.90. The van der Waals surface area contributed by atoms with Gasteiger partial charge in [-0.2, -0.15) is 21.6 Å². The van der Waals surface area contributed by atoms with Crippen molar-refractivity contribution in [3.63, 3.8) is 0 Å². The molecule has 132 valence electrons. The van der Waals surface area contributed by atoms with Crippen LogP contribution >= 0.6 is 0 Å². The van der Waals surface area contributed by atoms with Crippen LogP contribution in [-0.2, 0) is 10.0 Å². The summed E-state index contributed by atoms with van der Waals surface area (Å²) in [6, 6.07) is 7.00. The number of imidazole rings is 1. The second kappa shape index (κ2) is 5.62. The Kier molecular flexibility index (Phi) is 3.82. The number of nitrogens with one attached hydrogen (secondary N) is 3. The number of rotatable bonds is 3. The van der Waals surface area contributed by atoms with Gasteiger partial charge in [-0.25, -0.2) is 9.78 Å². The van der Waals surface area contributed by atoms with Crippen molar-refractivity contribution in [2.45, 2.75) is 12.4 Å². The molecule has 0 bridgehead atoms. The zero-order chi connectivity index (χ0) is 18.4. The first kappa shape index (κ1) is 17.0. The number of H-pyrrole nitrogens is 2. The number of hydrogen-bond donors (Lipinski definition) is 3. The number of sulfonamides is 1. The van der Waals surface area contributed by atoms with Gasteiger partial charge in [0.1, 0.15) is 0 Å². The number of anilines is 1. The van der Waals surface area contributed by atoms with Crippen LogP contribution in [0.2, 0.25) is 0 Å². The maximum atomic E-state index is 12.4. The number of aromatic amines is 2. The highest BCUT2D eigenvalue weighted by molar-refractivity contribution is 7.93. The van der Waals surface area contributed by atoms with Gasteiger partial charge in [-0.3, -0.25) is 9.71 Å². The van der Waals surface area contributed by atoms with E-state index >= 15 is 0 Å². The van der Waals surface area contributed by atoms with Crippen molar-refractivity contribution < 1.29 is 21.6 Å². The number of nitrogens with zero attached hydrogens (tertiary/aromatic N) is 1. The summed E-state index contributed by atoms with van der Waals surface area (Å²) in [5.74, 6) is 0. The highest BCUT2D eigenvalue weighted by atomic mass is 32.2. The molecule has 0 unspecified atom stereocenters. The van der Waals surface area contributed by atoms with E-state index in [4.69, 9.17) is 0 Å². The van der Waals surface area contributed by atoms with Crippen LogP contribution in [0.15, 0.2) is 35.1 Å². The Bertz CT molecular complexity index is 1100. The average molecular weight is 372 g/mol. The first-order chi connectivity index (χ1) is 11.6. The Labute approximate surface area is 139 Å². The molecule has 0 amide bonds. The number of aryl methyl sites for hydroxylation is 1. The number of benzene rings is 1.